The third kappa shape index (κ3) is 2.67. The van der Waals surface area contributed by atoms with Crippen LogP contribution in [0.25, 0.3) is 0 Å². The molecule has 0 amide bonds. The van der Waals surface area contributed by atoms with Crippen LogP contribution in [-0.4, -0.2) is 6.21 Å². The van der Waals surface area contributed by atoms with E-state index in [2.05, 4.69) is 31.2 Å². The van der Waals surface area contributed by atoms with E-state index in [9.17, 15) is 0 Å². The average molecular weight is 176 g/mol. The molecule has 0 bridgehead atoms. The monoisotopic (exact) mass is 176 g/mol. The molecule has 0 radical (unpaired) electrons. The van der Waals surface area contributed by atoms with E-state index in [1.54, 1.807) is 0 Å². The van der Waals surface area contributed by atoms with Gasteiger partial charge in [-0.2, -0.15) is 0 Å². The van der Waals surface area contributed by atoms with Crippen molar-refractivity contribution >= 4 is 6.21 Å². The van der Waals surface area contributed by atoms with Gasteiger partial charge in [-0.15, -0.1) is 0 Å². The standard InChI is InChI=1S/C11H16N2/c1-9(6-7-12)11-4-2-10(8-13)3-5-11/h2-5,7,9,12H,6,8,13H2,1H3. The topological polar surface area (TPSA) is 49.9 Å². The molecule has 0 saturated carbocycles. The molecular weight excluding hydrogens is 160 g/mol. The van der Waals surface area contributed by atoms with Crippen LogP contribution in [0.4, 0.5) is 0 Å². The maximum absolute atomic E-state index is 7.02. The van der Waals surface area contributed by atoms with Crippen molar-refractivity contribution in [2.45, 2.75) is 25.8 Å². The van der Waals surface area contributed by atoms with Crippen molar-refractivity contribution in [1.82, 2.24) is 0 Å². The maximum Gasteiger partial charge on any atom is 0.0178 e. The smallest absolute Gasteiger partial charge is 0.0178 e. The number of rotatable bonds is 4. The van der Waals surface area contributed by atoms with Crippen molar-refractivity contribution in [1.29, 1.82) is 5.41 Å². The van der Waals surface area contributed by atoms with Gasteiger partial charge in [0.25, 0.3) is 0 Å². The minimum atomic E-state index is 0.435. The molecule has 0 fully saturated rings. The Labute approximate surface area is 79.3 Å². The van der Waals surface area contributed by atoms with Gasteiger partial charge in [-0.05, 0) is 29.7 Å². The van der Waals surface area contributed by atoms with Crippen LogP contribution >= 0.6 is 0 Å². The van der Waals surface area contributed by atoms with E-state index in [1.807, 2.05) is 0 Å². The SMILES string of the molecule is CC(CC=N)c1ccc(CN)cc1. The summed E-state index contributed by atoms with van der Waals surface area (Å²) >= 11 is 0. The summed E-state index contributed by atoms with van der Waals surface area (Å²) in [6.45, 7) is 2.72. The predicted molar refractivity (Wildman–Crippen MR) is 56.1 cm³/mol. The first kappa shape index (κ1) is 9.93. The minimum absolute atomic E-state index is 0.435. The van der Waals surface area contributed by atoms with Crippen LogP contribution in [0, 0.1) is 5.41 Å². The van der Waals surface area contributed by atoms with E-state index in [0.29, 0.717) is 12.5 Å². The van der Waals surface area contributed by atoms with Gasteiger partial charge in [-0.3, -0.25) is 0 Å². The number of nitrogens with two attached hydrogens (primary N) is 1. The lowest BCUT2D eigenvalue weighted by Crippen LogP contribution is -1.98. The molecule has 2 heteroatoms. The molecule has 70 valence electrons. The molecule has 1 aromatic rings. The highest BCUT2D eigenvalue weighted by Gasteiger charge is 2.02. The summed E-state index contributed by atoms with van der Waals surface area (Å²) in [5, 5.41) is 7.02. The fourth-order valence-corrected chi connectivity index (χ4v) is 1.30. The Kier molecular flexibility index (Phi) is 3.65. The van der Waals surface area contributed by atoms with Crippen LogP contribution in [0.1, 0.15) is 30.4 Å². The normalized spacial score (nSPS) is 12.5. The van der Waals surface area contributed by atoms with E-state index in [4.69, 9.17) is 11.1 Å². The molecule has 1 aromatic carbocycles. The summed E-state index contributed by atoms with van der Waals surface area (Å²) in [6, 6.07) is 8.29. The number of benzene rings is 1. The van der Waals surface area contributed by atoms with Crippen LogP contribution in [0.3, 0.4) is 0 Å². The molecule has 0 heterocycles. The number of hydrogen-bond acceptors (Lipinski definition) is 2. The van der Waals surface area contributed by atoms with Gasteiger partial charge < -0.3 is 11.1 Å². The third-order valence-corrected chi connectivity index (χ3v) is 2.26. The molecule has 0 spiro atoms. The number of nitrogens with one attached hydrogen (secondary N) is 1. The summed E-state index contributed by atoms with van der Waals surface area (Å²) in [6.07, 6.45) is 2.27. The second-order valence-electron chi connectivity index (χ2n) is 3.29. The molecule has 0 aliphatic rings. The van der Waals surface area contributed by atoms with Crippen molar-refractivity contribution < 1.29 is 0 Å². The molecule has 0 saturated heterocycles. The quantitative estimate of drug-likeness (QED) is 0.679. The molecule has 0 aliphatic carbocycles. The Balaban J connectivity index is 2.73. The summed E-state index contributed by atoms with van der Waals surface area (Å²) in [5.74, 6) is 0.435. The lowest BCUT2D eigenvalue weighted by atomic mass is 9.97. The second-order valence-corrected chi connectivity index (χ2v) is 3.29. The van der Waals surface area contributed by atoms with E-state index < -0.39 is 0 Å². The fraction of sp³-hybridized carbons (Fsp3) is 0.364. The van der Waals surface area contributed by atoms with Gasteiger partial charge in [0.15, 0.2) is 0 Å². The minimum Gasteiger partial charge on any atom is -0.326 e. The molecule has 13 heavy (non-hydrogen) atoms. The molecule has 1 atom stereocenters. The number of hydrogen-bond donors (Lipinski definition) is 2. The molecule has 0 aliphatic heterocycles. The summed E-state index contributed by atoms with van der Waals surface area (Å²) in [4.78, 5) is 0. The molecule has 2 nitrogen and oxygen atoms in total. The van der Waals surface area contributed by atoms with Crippen LogP contribution in [0.5, 0.6) is 0 Å². The van der Waals surface area contributed by atoms with Crippen molar-refractivity contribution in [2.24, 2.45) is 5.73 Å². The lowest BCUT2D eigenvalue weighted by molar-refractivity contribution is 0.810. The van der Waals surface area contributed by atoms with Gasteiger partial charge in [0.2, 0.25) is 0 Å². The highest BCUT2D eigenvalue weighted by atomic mass is 14.5. The first-order valence-electron chi connectivity index (χ1n) is 4.55. The summed E-state index contributed by atoms with van der Waals surface area (Å²) in [5.41, 5.74) is 7.94. The molecule has 0 aromatic heterocycles. The summed E-state index contributed by atoms with van der Waals surface area (Å²) in [7, 11) is 0. The van der Waals surface area contributed by atoms with Crippen LogP contribution in [-0.2, 0) is 6.54 Å². The van der Waals surface area contributed by atoms with Crippen LogP contribution in [0.2, 0.25) is 0 Å². The van der Waals surface area contributed by atoms with E-state index in [-0.39, 0.29) is 0 Å². The predicted octanol–water partition coefficient (Wildman–Crippen LogP) is 2.29. The van der Waals surface area contributed by atoms with Gasteiger partial charge in [0.1, 0.15) is 0 Å². The van der Waals surface area contributed by atoms with Crippen molar-refractivity contribution in [3.05, 3.63) is 35.4 Å². The van der Waals surface area contributed by atoms with Crippen molar-refractivity contribution in [3.8, 4) is 0 Å². The Morgan fingerprint density at radius 1 is 1.38 bits per heavy atom. The lowest BCUT2D eigenvalue weighted by Gasteiger charge is -2.08. The Morgan fingerprint density at radius 2 is 2.00 bits per heavy atom. The zero-order chi connectivity index (χ0) is 9.68. The second kappa shape index (κ2) is 4.77. The zero-order valence-electron chi connectivity index (χ0n) is 7.96. The van der Waals surface area contributed by atoms with Crippen LogP contribution < -0.4 is 5.73 Å². The Hall–Kier alpha value is -1.15. The van der Waals surface area contributed by atoms with Crippen LogP contribution in [0.15, 0.2) is 24.3 Å². The maximum atomic E-state index is 7.02. The van der Waals surface area contributed by atoms with Gasteiger partial charge >= 0.3 is 0 Å². The van der Waals surface area contributed by atoms with Gasteiger partial charge in [-0.1, -0.05) is 31.2 Å². The molecular formula is C11H16N2. The van der Waals surface area contributed by atoms with Gasteiger partial charge in [0.05, 0.1) is 0 Å². The first-order chi connectivity index (χ1) is 6.27. The summed E-state index contributed by atoms with van der Waals surface area (Å²) < 4.78 is 0. The van der Waals surface area contributed by atoms with Crippen molar-refractivity contribution in [3.63, 3.8) is 0 Å². The largest absolute Gasteiger partial charge is 0.326 e. The molecule has 3 N–H and O–H groups in total. The Bertz CT molecular complexity index is 264. The zero-order valence-corrected chi connectivity index (χ0v) is 7.96. The van der Waals surface area contributed by atoms with E-state index in [1.165, 1.54) is 11.8 Å². The Morgan fingerprint density at radius 3 is 2.46 bits per heavy atom. The van der Waals surface area contributed by atoms with Gasteiger partial charge in [0, 0.05) is 6.54 Å². The molecule has 1 rings (SSSR count). The van der Waals surface area contributed by atoms with Gasteiger partial charge in [-0.25, -0.2) is 0 Å². The fourth-order valence-electron chi connectivity index (χ4n) is 1.30. The average Bonchev–Trinajstić information content (AvgIpc) is 2.18. The van der Waals surface area contributed by atoms with Crippen molar-refractivity contribution in [2.75, 3.05) is 0 Å². The van der Waals surface area contributed by atoms with E-state index in [0.717, 1.165) is 12.0 Å². The molecule has 1 unspecified atom stereocenters. The third-order valence-electron chi connectivity index (χ3n) is 2.26. The van der Waals surface area contributed by atoms with E-state index >= 15 is 0 Å². The highest BCUT2D eigenvalue weighted by molar-refractivity contribution is 5.54. The highest BCUT2D eigenvalue weighted by Crippen LogP contribution is 2.17. The first-order valence-corrected chi connectivity index (χ1v) is 4.55.